The SMILES string of the molecule is C/C=C/c1ccc(OCC(=O)Nc2ccccc2OC(F)(F)F)c(OC)c1. The zero-order valence-electron chi connectivity index (χ0n) is 14.7. The summed E-state index contributed by atoms with van der Waals surface area (Å²) in [6, 6.07) is 10.4. The number of hydrogen-bond donors (Lipinski definition) is 1. The molecule has 0 unspecified atom stereocenters. The molecule has 0 heterocycles. The molecule has 2 rings (SSSR count). The average Bonchev–Trinajstić information content (AvgIpc) is 2.61. The number of anilines is 1. The predicted molar refractivity (Wildman–Crippen MR) is 95.0 cm³/mol. The zero-order valence-corrected chi connectivity index (χ0v) is 14.7. The molecule has 1 N–H and O–H groups in total. The topological polar surface area (TPSA) is 56.8 Å². The van der Waals surface area contributed by atoms with Gasteiger partial charge in [-0.05, 0) is 36.8 Å². The van der Waals surface area contributed by atoms with Crippen LogP contribution in [0, 0.1) is 0 Å². The first-order valence-electron chi connectivity index (χ1n) is 7.90. The Balaban J connectivity index is 2.03. The second-order valence-corrected chi connectivity index (χ2v) is 5.29. The number of nitrogens with one attached hydrogen (secondary N) is 1. The van der Waals surface area contributed by atoms with Crippen LogP contribution in [0.2, 0.25) is 0 Å². The minimum atomic E-state index is -4.86. The number of halogens is 3. The van der Waals surface area contributed by atoms with Crippen molar-refractivity contribution in [1.29, 1.82) is 0 Å². The van der Waals surface area contributed by atoms with Crippen molar-refractivity contribution in [3.05, 3.63) is 54.1 Å². The van der Waals surface area contributed by atoms with Gasteiger partial charge in [0.05, 0.1) is 12.8 Å². The first-order valence-corrected chi connectivity index (χ1v) is 7.90. The molecular weight excluding hydrogens is 363 g/mol. The number of hydrogen-bond acceptors (Lipinski definition) is 4. The number of alkyl halides is 3. The van der Waals surface area contributed by atoms with Crippen molar-refractivity contribution in [1.82, 2.24) is 0 Å². The summed E-state index contributed by atoms with van der Waals surface area (Å²) in [6.07, 6.45) is -1.13. The minimum Gasteiger partial charge on any atom is -0.493 e. The maximum atomic E-state index is 12.4. The van der Waals surface area contributed by atoms with Crippen LogP contribution in [0.3, 0.4) is 0 Å². The Bertz CT molecular complexity index is 819. The van der Waals surface area contributed by atoms with Crippen LogP contribution in [0.5, 0.6) is 17.2 Å². The molecule has 144 valence electrons. The van der Waals surface area contributed by atoms with Gasteiger partial charge in [0.1, 0.15) is 0 Å². The van der Waals surface area contributed by atoms with Gasteiger partial charge in [-0.25, -0.2) is 0 Å². The summed E-state index contributed by atoms with van der Waals surface area (Å²) < 4.78 is 51.8. The monoisotopic (exact) mass is 381 g/mol. The lowest BCUT2D eigenvalue weighted by atomic mass is 10.2. The third-order valence-corrected chi connectivity index (χ3v) is 3.29. The Morgan fingerprint density at radius 2 is 1.85 bits per heavy atom. The summed E-state index contributed by atoms with van der Waals surface area (Å²) >= 11 is 0. The second kappa shape index (κ2) is 8.98. The second-order valence-electron chi connectivity index (χ2n) is 5.29. The molecule has 0 bridgehead atoms. The van der Waals surface area contributed by atoms with E-state index in [1.807, 2.05) is 19.1 Å². The lowest BCUT2D eigenvalue weighted by Crippen LogP contribution is -2.22. The molecule has 0 aliphatic rings. The fraction of sp³-hybridized carbons (Fsp3) is 0.211. The summed E-state index contributed by atoms with van der Waals surface area (Å²) in [4.78, 5) is 12.0. The largest absolute Gasteiger partial charge is 0.573 e. The van der Waals surface area contributed by atoms with Crippen molar-refractivity contribution in [2.45, 2.75) is 13.3 Å². The predicted octanol–water partition coefficient (Wildman–Crippen LogP) is 4.64. The van der Waals surface area contributed by atoms with Crippen molar-refractivity contribution in [2.75, 3.05) is 19.0 Å². The molecule has 1 amide bonds. The van der Waals surface area contributed by atoms with E-state index in [2.05, 4.69) is 10.1 Å². The Kier molecular flexibility index (Phi) is 6.70. The smallest absolute Gasteiger partial charge is 0.493 e. The number of ether oxygens (including phenoxy) is 3. The first kappa shape index (κ1) is 20.2. The quantitative estimate of drug-likeness (QED) is 0.759. The molecule has 0 aromatic heterocycles. The molecule has 0 aliphatic carbocycles. The van der Waals surface area contributed by atoms with Gasteiger partial charge in [0.15, 0.2) is 23.9 Å². The van der Waals surface area contributed by atoms with Crippen molar-refractivity contribution in [3.63, 3.8) is 0 Å². The standard InChI is InChI=1S/C19H18F3NO4/c1-3-6-13-9-10-16(17(11-13)25-2)26-12-18(24)23-14-7-4-5-8-15(14)27-19(20,21)22/h3-11H,12H2,1-2H3,(H,23,24)/b6-3+. The van der Waals surface area contributed by atoms with Crippen molar-refractivity contribution in [2.24, 2.45) is 0 Å². The van der Waals surface area contributed by atoms with Crippen LogP contribution < -0.4 is 19.5 Å². The minimum absolute atomic E-state index is 0.112. The van der Waals surface area contributed by atoms with Crippen LogP contribution in [0.25, 0.3) is 6.08 Å². The van der Waals surface area contributed by atoms with E-state index in [1.165, 1.54) is 25.3 Å². The van der Waals surface area contributed by atoms with E-state index >= 15 is 0 Å². The summed E-state index contributed by atoms with van der Waals surface area (Å²) in [5, 5.41) is 2.33. The molecule has 2 aromatic carbocycles. The Morgan fingerprint density at radius 1 is 1.11 bits per heavy atom. The Morgan fingerprint density at radius 3 is 2.52 bits per heavy atom. The summed E-state index contributed by atoms with van der Waals surface area (Å²) in [6.45, 7) is 1.46. The summed E-state index contributed by atoms with van der Waals surface area (Å²) in [7, 11) is 1.46. The molecule has 0 atom stereocenters. The van der Waals surface area contributed by atoms with E-state index in [4.69, 9.17) is 9.47 Å². The van der Waals surface area contributed by atoms with Crippen LogP contribution in [-0.4, -0.2) is 26.0 Å². The number of allylic oxidation sites excluding steroid dienone is 1. The Labute approximate surface area is 154 Å². The molecule has 2 aromatic rings. The normalized spacial score (nSPS) is 11.3. The van der Waals surface area contributed by atoms with Crippen molar-refractivity contribution >= 4 is 17.7 Å². The number of rotatable bonds is 7. The van der Waals surface area contributed by atoms with E-state index < -0.39 is 24.6 Å². The van der Waals surface area contributed by atoms with Gasteiger partial charge in [-0.15, -0.1) is 13.2 Å². The van der Waals surface area contributed by atoms with E-state index in [1.54, 1.807) is 18.2 Å². The number of carbonyl (C=O) groups excluding carboxylic acids is 1. The molecule has 0 radical (unpaired) electrons. The highest BCUT2D eigenvalue weighted by molar-refractivity contribution is 5.93. The van der Waals surface area contributed by atoms with E-state index in [0.717, 1.165) is 11.6 Å². The molecule has 0 saturated heterocycles. The molecular formula is C19H18F3NO4. The molecule has 8 heteroatoms. The maximum Gasteiger partial charge on any atom is 0.573 e. The molecule has 27 heavy (non-hydrogen) atoms. The highest BCUT2D eigenvalue weighted by atomic mass is 19.4. The maximum absolute atomic E-state index is 12.4. The fourth-order valence-corrected chi connectivity index (χ4v) is 2.21. The fourth-order valence-electron chi connectivity index (χ4n) is 2.21. The lowest BCUT2D eigenvalue weighted by molar-refractivity contribution is -0.274. The van der Waals surface area contributed by atoms with Crippen LogP contribution in [0.1, 0.15) is 12.5 Å². The number of methoxy groups -OCH3 is 1. The van der Waals surface area contributed by atoms with Gasteiger partial charge < -0.3 is 19.5 Å². The van der Waals surface area contributed by atoms with Gasteiger partial charge in [0, 0.05) is 0 Å². The van der Waals surface area contributed by atoms with Gasteiger partial charge in [0.25, 0.3) is 5.91 Å². The van der Waals surface area contributed by atoms with Crippen LogP contribution >= 0.6 is 0 Å². The van der Waals surface area contributed by atoms with Gasteiger partial charge in [-0.2, -0.15) is 0 Å². The van der Waals surface area contributed by atoms with Crippen molar-refractivity contribution < 1.29 is 32.2 Å². The van der Waals surface area contributed by atoms with Gasteiger partial charge >= 0.3 is 6.36 Å². The van der Waals surface area contributed by atoms with Crippen LogP contribution in [0.15, 0.2) is 48.5 Å². The highest BCUT2D eigenvalue weighted by Gasteiger charge is 2.32. The number of para-hydroxylation sites is 2. The third-order valence-electron chi connectivity index (χ3n) is 3.29. The van der Waals surface area contributed by atoms with Gasteiger partial charge in [0.2, 0.25) is 0 Å². The van der Waals surface area contributed by atoms with Gasteiger partial charge in [-0.3, -0.25) is 4.79 Å². The number of benzene rings is 2. The average molecular weight is 381 g/mol. The molecule has 0 spiro atoms. The zero-order chi connectivity index (χ0) is 19.9. The molecule has 0 saturated carbocycles. The van der Waals surface area contributed by atoms with Crippen LogP contribution in [-0.2, 0) is 4.79 Å². The van der Waals surface area contributed by atoms with E-state index in [-0.39, 0.29) is 5.69 Å². The molecule has 0 aliphatic heterocycles. The Hall–Kier alpha value is -3.16. The van der Waals surface area contributed by atoms with E-state index in [0.29, 0.717) is 11.5 Å². The van der Waals surface area contributed by atoms with Crippen LogP contribution in [0.4, 0.5) is 18.9 Å². The summed E-state index contributed by atoms with van der Waals surface area (Å²) in [5.41, 5.74) is 0.781. The van der Waals surface area contributed by atoms with E-state index in [9.17, 15) is 18.0 Å². The van der Waals surface area contributed by atoms with Gasteiger partial charge in [-0.1, -0.05) is 30.4 Å². The third kappa shape index (κ3) is 6.25. The highest BCUT2D eigenvalue weighted by Crippen LogP contribution is 2.31. The number of amides is 1. The first-order chi connectivity index (χ1) is 12.8. The lowest BCUT2D eigenvalue weighted by Gasteiger charge is -2.14. The molecule has 0 fully saturated rings. The summed E-state index contributed by atoms with van der Waals surface area (Å²) in [5.74, 6) is -0.389. The van der Waals surface area contributed by atoms with Crippen molar-refractivity contribution in [3.8, 4) is 17.2 Å². The number of carbonyl (C=O) groups is 1. The molecule has 5 nitrogen and oxygen atoms in total.